The Morgan fingerprint density at radius 3 is 2.62 bits per heavy atom. The van der Waals surface area contributed by atoms with E-state index < -0.39 is 5.91 Å². The second-order valence-electron chi connectivity index (χ2n) is 4.83. The third kappa shape index (κ3) is 2.91. The molecule has 1 amide bonds. The van der Waals surface area contributed by atoms with Gasteiger partial charge in [0.15, 0.2) is 11.5 Å². The van der Waals surface area contributed by atoms with Gasteiger partial charge in [0.25, 0.3) is 5.91 Å². The molecule has 4 N–H and O–H groups in total. The SMILES string of the molecule is COc1cccc(C(=O)Nc2cc(N)c(C)cc2C)c1O. The largest absolute Gasteiger partial charge is 0.504 e. The fraction of sp³-hybridized carbons (Fsp3) is 0.188. The van der Waals surface area contributed by atoms with Crippen LogP contribution in [-0.4, -0.2) is 18.1 Å². The number of phenolic OH excluding ortho intramolecular Hbond substituents is 1. The van der Waals surface area contributed by atoms with Gasteiger partial charge in [0.1, 0.15) is 0 Å². The average molecular weight is 286 g/mol. The molecule has 0 unspecified atom stereocenters. The number of methoxy groups -OCH3 is 1. The molecule has 2 aromatic carbocycles. The van der Waals surface area contributed by atoms with E-state index in [-0.39, 0.29) is 17.1 Å². The summed E-state index contributed by atoms with van der Waals surface area (Å²) in [7, 11) is 1.43. The van der Waals surface area contributed by atoms with E-state index >= 15 is 0 Å². The summed E-state index contributed by atoms with van der Waals surface area (Å²) in [4.78, 5) is 12.3. The maximum absolute atomic E-state index is 12.3. The van der Waals surface area contributed by atoms with E-state index in [1.165, 1.54) is 13.2 Å². The number of para-hydroxylation sites is 1. The van der Waals surface area contributed by atoms with E-state index in [0.717, 1.165) is 11.1 Å². The third-order valence-corrected chi connectivity index (χ3v) is 3.32. The molecule has 0 spiro atoms. The number of ether oxygens (including phenoxy) is 1. The summed E-state index contributed by atoms with van der Waals surface area (Å²) in [6.07, 6.45) is 0. The quantitative estimate of drug-likeness (QED) is 0.757. The average Bonchev–Trinajstić information content (AvgIpc) is 2.44. The Morgan fingerprint density at radius 1 is 1.24 bits per heavy atom. The molecule has 0 aliphatic heterocycles. The highest BCUT2D eigenvalue weighted by Gasteiger charge is 2.16. The molecule has 21 heavy (non-hydrogen) atoms. The monoisotopic (exact) mass is 286 g/mol. The van der Waals surface area contributed by atoms with Crippen LogP contribution in [0.1, 0.15) is 21.5 Å². The minimum absolute atomic E-state index is 0.146. The first-order valence-corrected chi connectivity index (χ1v) is 6.48. The van der Waals surface area contributed by atoms with Crippen LogP contribution < -0.4 is 15.8 Å². The van der Waals surface area contributed by atoms with Crippen molar-refractivity contribution in [2.24, 2.45) is 0 Å². The number of phenols is 1. The summed E-state index contributed by atoms with van der Waals surface area (Å²) in [5, 5.41) is 12.7. The fourth-order valence-electron chi connectivity index (χ4n) is 2.06. The maximum Gasteiger partial charge on any atom is 0.259 e. The van der Waals surface area contributed by atoms with Crippen LogP contribution in [-0.2, 0) is 0 Å². The second kappa shape index (κ2) is 5.75. The van der Waals surface area contributed by atoms with E-state index in [9.17, 15) is 9.90 Å². The van der Waals surface area contributed by atoms with Crippen molar-refractivity contribution in [3.63, 3.8) is 0 Å². The van der Waals surface area contributed by atoms with Gasteiger partial charge in [-0.25, -0.2) is 0 Å². The van der Waals surface area contributed by atoms with Crippen molar-refractivity contribution in [3.8, 4) is 11.5 Å². The van der Waals surface area contributed by atoms with Crippen LogP contribution in [0.4, 0.5) is 11.4 Å². The van der Waals surface area contributed by atoms with E-state index in [4.69, 9.17) is 10.5 Å². The molecular formula is C16H18N2O3. The highest BCUT2D eigenvalue weighted by atomic mass is 16.5. The van der Waals surface area contributed by atoms with E-state index in [1.54, 1.807) is 18.2 Å². The van der Waals surface area contributed by atoms with Gasteiger partial charge in [0.2, 0.25) is 0 Å². The number of carbonyl (C=O) groups is 1. The molecule has 110 valence electrons. The highest BCUT2D eigenvalue weighted by Crippen LogP contribution is 2.30. The van der Waals surface area contributed by atoms with Gasteiger partial charge in [-0.2, -0.15) is 0 Å². The summed E-state index contributed by atoms with van der Waals surface area (Å²) < 4.78 is 4.99. The van der Waals surface area contributed by atoms with Crippen molar-refractivity contribution in [3.05, 3.63) is 47.0 Å². The maximum atomic E-state index is 12.3. The first-order valence-electron chi connectivity index (χ1n) is 6.48. The molecule has 0 aliphatic carbocycles. The Labute approximate surface area is 123 Å². The van der Waals surface area contributed by atoms with Crippen molar-refractivity contribution in [2.75, 3.05) is 18.2 Å². The molecule has 0 radical (unpaired) electrons. The molecule has 5 nitrogen and oxygen atoms in total. The number of carbonyl (C=O) groups excluding carboxylic acids is 1. The lowest BCUT2D eigenvalue weighted by Gasteiger charge is -2.13. The fourth-order valence-corrected chi connectivity index (χ4v) is 2.06. The van der Waals surface area contributed by atoms with Gasteiger partial charge in [-0.05, 0) is 43.2 Å². The normalized spacial score (nSPS) is 10.2. The lowest BCUT2D eigenvalue weighted by molar-refractivity contribution is 0.102. The number of hydrogen-bond acceptors (Lipinski definition) is 4. The number of nitrogens with two attached hydrogens (primary N) is 1. The number of amides is 1. The third-order valence-electron chi connectivity index (χ3n) is 3.32. The Morgan fingerprint density at radius 2 is 1.95 bits per heavy atom. The molecule has 2 rings (SSSR count). The molecule has 0 aliphatic rings. The van der Waals surface area contributed by atoms with Crippen molar-refractivity contribution in [1.29, 1.82) is 0 Å². The number of anilines is 2. The number of nitrogens with one attached hydrogen (secondary N) is 1. The summed E-state index contributed by atoms with van der Waals surface area (Å²) in [5.74, 6) is -0.351. The highest BCUT2D eigenvalue weighted by molar-refractivity contribution is 6.07. The van der Waals surface area contributed by atoms with Gasteiger partial charge in [0.05, 0.1) is 12.7 Å². The zero-order chi connectivity index (χ0) is 15.6. The van der Waals surface area contributed by atoms with Gasteiger partial charge in [-0.3, -0.25) is 4.79 Å². The zero-order valence-electron chi connectivity index (χ0n) is 12.2. The Bertz CT molecular complexity index is 696. The summed E-state index contributed by atoms with van der Waals surface area (Å²) in [5.41, 5.74) is 9.08. The first-order chi connectivity index (χ1) is 9.93. The van der Waals surface area contributed by atoms with Gasteiger partial charge >= 0.3 is 0 Å². The molecule has 0 aromatic heterocycles. The number of aryl methyl sites for hydroxylation is 2. The van der Waals surface area contributed by atoms with Crippen molar-refractivity contribution in [1.82, 2.24) is 0 Å². The topological polar surface area (TPSA) is 84.6 Å². The number of aromatic hydroxyl groups is 1. The van der Waals surface area contributed by atoms with Crippen LogP contribution in [0.3, 0.4) is 0 Å². The summed E-state index contributed by atoms with van der Waals surface area (Å²) >= 11 is 0. The molecule has 0 bridgehead atoms. The molecule has 5 heteroatoms. The van der Waals surface area contributed by atoms with Crippen molar-refractivity contribution < 1.29 is 14.6 Å². The standard InChI is InChI=1S/C16H18N2O3/c1-9-7-10(2)13(8-12(9)17)18-16(20)11-5-4-6-14(21-3)15(11)19/h4-8,19H,17H2,1-3H3,(H,18,20). The number of hydrogen-bond donors (Lipinski definition) is 3. The zero-order valence-corrected chi connectivity index (χ0v) is 12.2. The van der Waals surface area contributed by atoms with Gasteiger partial charge < -0.3 is 20.9 Å². The second-order valence-corrected chi connectivity index (χ2v) is 4.83. The van der Waals surface area contributed by atoms with Crippen LogP contribution >= 0.6 is 0 Å². The van der Waals surface area contributed by atoms with Crippen LogP contribution in [0, 0.1) is 13.8 Å². The molecule has 2 aromatic rings. The minimum atomic E-state index is -0.419. The summed E-state index contributed by atoms with van der Waals surface area (Å²) in [6, 6.07) is 8.36. The van der Waals surface area contributed by atoms with Crippen LogP contribution in [0.5, 0.6) is 11.5 Å². The van der Waals surface area contributed by atoms with Gasteiger partial charge in [-0.15, -0.1) is 0 Å². The van der Waals surface area contributed by atoms with E-state index in [1.807, 2.05) is 19.9 Å². The smallest absolute Gasteiger partial charge is 0.259 e. The number of benzene rings is 2. The van der Waals surface area contributed by atoms with Crippen molar-refractivity contribution in [2.45, 2.75) is 13.8 Å². The van der Waals surface area contributed by atoms with Crippen LogP contribution in [0.15, 0.2) is 30.3 Å². The number of nitrogen functional groups attached to an aromatic ring is 1. The minimum Gasteiger partial charge on any atom is -0.504 e. The summed E-state index contributed by atoms with van der Waals surface area (Å²) in [6.45, 7) is 3.79. The Hall–Kier alpha value is -2.69. The molecule has 0 atom stereocenters. The molecule has 0 saturated carbocycles. The molecule has 0 saturated heterocycles. The predicted octanol–water partition coefficient (Wildman–Crippen LogP) is 2.85. The van der Waals surface area contributed by atoms with Crippen molar-refractivity contribution >= 4 is 17.3 Å². The van der Waals surface area contributed by atoms with E-state index in [0.29, 0.717) is 11.4 Å². The Kier molecular flexibility index (Phi) is 4.03. The molecular weight excluding hydrogens is 268 g/mol. The van der Waals surface area contributed by atoms with Gasteiger partial charge in [-0.1, -0.05) is 12.1 Å². The van der Waals surface area contributed by atoms with Crippen LogP contribution in [0.25, 0.3) is 0 Å². The lowest BCUT2D eigenvalue weighted by atomic mass is 10.1. The first kappa shape index (κ1) is 14.7. The van der Waals surface area contributed by atoms with E-state index in [2.05, 4.69) is 5.32 Å². The lowest BCUT2D eigenvalue weighted by Crippen LogP contribution is -2.13. The molecule has 0 heterocycles. The number of rotatable bonds is 3. The van der Waals surface area contributed by atoms with Gasteiger partial charge in [0, 0.05) is 11.4 Å². The predicted molar refractivity (Wildman–Crippen MR) is 82.9 cm³/mol. The Balaban J connectivity index is 2.33. The van der Waals surface area contributed by atoms with Crippen LogP contribution in [0.2, 0.25) is 0 Å². The molecule has 0 fully saturated rings.